The number of hydrogen-bond donors (Lipinski definition) is 1. The van der Waals surface area contributed by atoms with E-state index in [9.17, 15) is 4.79 Å². The molecule has 1 atom stereocenters. The summed E-state index contributed by atoms with van der Waals surface area (Å²) in [6.45, 7) is 2.58. The Hall–Kier alpha value is -4.06. The molecule has 4 rings (SSSR count). The summed E-state index contributed by atoms with van der Waals surface area (Å²) >= 11 is 0. The molecule has 0 aliphatic carbocycles. The van der Waals surface area contributed by atoms with E-state index >= 15 is 0 Å². The van der Waals surface area contributed by atoms with E-state index in [2.05, 4.69) is 34.2 Å². The normalized spacial score (nSPS) is 12.1. The third-order valence-corrected chi connectivity index (χ3v) is 5.46. The molecule has 4 aromatic rings. The first-order chi connectivity index (χ1) is 16.1. The lowest BCUT2D eigenvalue weighted by atomic mass is 10.1. The van der Waals surface area contributed by atoms with Crippen LogP contribution < -0.4 is 14.8 Å². The Kier molecular flexibility index (Phi) is 6.74. The van der Waals surface area contributed by atoms with Crippen LogP contribution in [-0.2, 0) is 6.54 Å². The molecule has 6 nitrogen and oxygen atoms in total. The Balaban J connectivity index is 1.58. The van der Waals surface area contributed by atoms with Crippen LogP contribution in [0.5, 0.6) is 11.5 Å². The van der Waals surface area contributed by atoms with Crippen LogP contribution in [0, 0.1) is 0 Å². The third-order valence-electron chi connectivity index (χ3n) is 5.46. The number of carbonyl (C=O) groups is 1. The number of hydrogen-bond acceptors (Lipinski definition) is 4. The Morgan fingerprint density at radius 2 is 1.73 bits per heavy atom. The van der Waals surface area contributed by atoms with Crippen molar-refractivity contribution in [2.24, 2.45) is 0 Å². The molecule has 1 N–H and O–H groups in total. The fourth-order valence-corrected chi connectivity index (χ4v) is 3.80. The summed E-state index contributed by atoms with van der Waals surface area (Å²) in [5.74, 6) is 1.68. The molecule has 0 saturated heterocycles. The molecule has 168 valence electrons. The molecule has 0 aliphatic rings. The van der Waals surface area contributed by atoms with Gasteiger partial charge in [-0.15, -0.1) is 0 Å². The number of allylic oxidation sites excluding steroid dienone is 1. The van der Waals surface area contributed by atoms with Gasteiger partial charge in [-0.3, -0.25) is 4.79 Å². The van der Waals surface area contributed by atoms with E-state index in [1.807, 2.05) is 49.4 Å². The summed E-state index contributed by atoms with van der Waals surface area (Å²) in [4.78, 5) is 17.8. The Bertz CT molecular complexity index is 1280. The number of benzene rings is 3. The molecule has 0 spiro atoms. The highest BCUT2D eigenvalue weighted by Crippen LogP contribution is 2.28. The van der Waals surface area contributed by atoms with Crippen molar-refractivity contribution in [2.45, 2.75) is 19.5 Å². The molecular weight excluding hydrogens is 414 g/mol. The minimum absolute atomic E-state index is 0.207. The van der Waals surface area contributed by atoms with Crippen LogP contribution in [0.2, 0.25) is 0 Å². The van der Waals surface area contributed by atoms with Crippen molar-refractivity contribution in [3.63, 3.8) is 0 Å². The Labute approximate surface area is 193 Å². The van der Waals surface area contributed by atoms with Crippen LogP contribution >= 0.6 is 0 Å². The number of carbonyl (C=O) groups excluding carboxylic acids is 1. The zero-order chi connectivity index (χ0) is 23.2. The van der Waals surface area contributed by atoms with Gasteiger partial charge >= 0.3 is 0 Å². The molecule has 1 aromatic heterocycles. The summed E-state index contributed by atoms with van der Waals surface area (Å²) in [7, 11) is 3.11. The first-order valence-corrected chi connectivity index (χ1v) is 10.8. The monoisotopic (exact) mass is 441 g/mol. The second-order valence-electron chi connectivity index (χ2n) is 7.65. The van der Waals surface area contributed by atoms with Gasteiger partial charge in [0.05, 0.1) is 31.3 Å². The van der Waals surface area contributed by atoms with E-state index in [0.29, 0.717) is 23.6 Å². The van der Waals surface area contributed by atoms with Gasteiger partial charge in [0.1, 0.15) is 5.82 Å². The number of nitrogens with one attached hydrogen (secondary N) is 1. The van der Waals surface area contributed by atoms with Crippen LogP contribution in [0.15, 0.2) is 78.9 Å². The first kappa shape index (κ1) is 22.1. The van der Waals surface area contributed by atoms with E-state index in [-0.39, 0.29) is 11.9 Å². The van der Waals surface area contributed by atoms with Crippen LogP contribution in [0.25, 0.3) is 17.1 Å². The molecular formula is C27H27N3O3. The number of methoxy groups -OCH3 is 2. The Morgan fingerprint density at radius 1 is 1.00 bits per heavy atom. The van der Waals surface area contributed by atoms with Crippen molar-refractivity contribution < 1.29 is 14.3 Å². The highest BCUT2D eigenvalue weighted by atomic mass is 16.5. The van der Waals surface area contributed by atoms with E-state index < -0.39 is 0 Å². The van der Waals surface area contributed by atoms with Gasteiger partial charge in [-0.05, 0) is 42.8 Å². The lowest BCUT2D eigenvalue weighted by Gasteiger charge is -2.16. The molecule has 0 aliphatic heterocycles. The lowest BCUT2D eigenvalue weighted by molar-refractivity contribution is 0.0937. The smallest absolute Gasteiger partial charge is 0.251 e. The van der Waals surface area contributed by atoms with Crippen molar-refractivity contribution in [3.8, 4) is 11.5 Å². The predicted molar refractivity (Wildman–Crippen MR) is 131 cm³/mol. The van der Waals surface area contributed by atoms with E-state index in [1.54, 1.807) is 32.4 Å². The van der Waals surface area contributed by atoms with Crippen LogP contribution in [0.4, 0.5) is 0 Å². The molecule has 1 unspecified atom stereocenters. The maximum absolute atomic E-state index is 13.0. The van der Waals surface area contributed by atoms with Gasteiger partial charge in [-0.25, -0.2) is 4.98 Å². The standard InChI is InChI=1S/C27H27N3O3/c1-19(28-27(31)21-15-16-24(32-2)25(18-21)33-3)26-29-22-13-7-8-14-23(22)30(26)17-9-12-20-10-5-4-6-11-20/h4-16,18-19H,17H2,1-3H3,(H,28,31)/b12-9+. The summed E-state index contributed by atoms with van der Waals surface area (Å²) < 4.78 is 12.7. The Morgan fingerprint density at radius 3 is 2.48 bits per heavy atom. The van der Waals surface area contributed by atoms with Gasteiger partial charge in [-0.1, -0.05) is 54.6 Å². The lowest BCUT2D eigenvalue weighted by Crippen LogP contribution is -2.28. The topological polar surface area (TPSA) is 65.4 Å². The number of nitrogens with zero attached hydrogens (tertiary/aromatic N) is 2. The van der Waals surface area contributed by atoms with Crippen molar-refractivity contribution >= 4 is 23.0 Å². The molecule has 0 fully saturated rings. The number of ether oxygens (including phenoxy) is 2. The summed E-state index contributed by atoms with van der Waals surface area (Å²) in [6.07, 6.45) is 4.20. The van der Waals surface area contributed by atoms with E-state index in [0.717, 1.165) is 22.4 Å². The van der Waals surface area contributed by atoms with Gasteiger partial charge in [-0.2, -0.15) is 0 Å². The third kappa shape index (κ3) is 4.90. The maximum atomic E-state index is 13.0. The minimum Gasteiger partial charge on any atom is -0.493 e. The first-order valence-electron chi connectivity index (χ1n) is 10.8. The zero-order valence-electron chi connectivity index (χ0n) is 19.0. The van der Waals surface area contributed by atoms with Gasteiger partial charge < -0.3 is 19.4 Å². The molecule has 1 amide bonds. The molecule has 33 heavy (non-hydrogen) atoms. The second kappa shape index (κ2) is 10.0. The van der Waals surface area contributed by atoms with Gasteiger partial charge in [0.15, 0.2) is 11.5 Å². The van der Waals surface area contributed by atoms with Crippen molar-refractivity contribution in [2.75, 3.05) is 14.2 Å². The SMILES string of the molecule is COc1ccc(C(=O)NC(C)c2nc3ccccc3n2C/C=C/c2ccccc2)cc1OC. The number of imidazole rings is 1. The van der Waals surface area contributed by atoms with Gasteiger partial charge in [0, 0.05) is 12.1 Å². The zero-order valence-corrected chi connectivity index (χ0v) is 19.0. The number of rotatable bonds is 8. The van der Waals surface area contributed by atoms with Crippen molar-refractivity contribution in [1.29, 1.82) is 0 Å². The minimum atomic E-state index is -0.303. The highest BCUT2D eigenvalue weighted by Gasteiger charge is 2.19. The molecule has 3 aromatic carbocycles. The average molecular weight is 442 g/mol. The van der Waals surface area contributed by atoms with E-state index in [1.165, 1.54) is 0 Å². The molecule has 1 heterocycles. The van der Waals surface area contributed by atoms with Crippen LogP contribution in [0.1, 0.15) is 34.7 Å². The van der Waals surface area contributed by atoms with Crippen LogP contribution in [0.3, 0.4) is 0 Å². The number of fused-ring (bicyclic) bond motifs is 1. The summed E-state index contributed by atoms with van der Waals surface area (Å²) in [6, 6.07) is 23.0. The number of aromatic nitrogens is 2. The largest absolute Gasteiger partial charge is 0.493 e. The molecule has 6 heteroatoms. The molecule has 0 radical (unpaired) electrons. The van der Waals surface area contributed by atoms with Crippen LogP contribution in [-0.4, -0.2) is 29.7 Å². The van der Waals surface area contributed by atoms with Crippen molar-refractivity contribution in [3.05, 3.63) is 95.8 Å². The molecule has 0 saturated carbocycles. The summed E-state index contributed by atoms with van der Waals surface area (Å²) in [5.41, 5.74) is 3.55. The quantitative estimate of drug-likeness (QED) is 0.405. The fraction of sp³-hybridized carbons (Fsp3) is 0.185. The van der Waals surface area contributed by atoms with E-state index in [4.69, 9.17) is 14.5 Å². The summed E-state index contributed by atoms with van der Waals surface area (Å²) in [5, 5.41) is 3.07. The van der Waals surface area contributed by atoms with Crippen molar-refractivity contribution in [1.82, 2.24) is 14.9 Å². The van der Waals surface area contributed by atoms with Gasteiger partial charge in [0.2, 0.25) is 0 Å². The van der Waals surface area contributed by atoms with Gasteiger partial charge in [0.25, 0.3) is 5.91 Å². The average Bonchev–Trinajstić information content (AvgIpc) is 3.23. The number of para-hydroxylation sites is 2. The highest BCUT2D eigenvalue weighted by molar-refractivity contribution is 5.95. The maximum Gasteiger partial charge on any atom is 0.251 e. The molecule has 0 bridgehead atoms. The predicted octanol–water partition coefficient (Wildman–Crippen LogP) is 5.26. The fourth-order valence-electron chi connectivity index (χ4n) is 3.80. The number of amides is 1. The second-order valence-corrected chi connectivity index (χ2v) is 7.65.